The summed E-state index contributed by atoms with van der Waals surface area (Å²) in [7, 11) is 0. The van der Waals surface area contributed by atoms with E-state index in [1.54, 1.807) is 0 Å². The number of benzene rings is 2. The van der Waals surface area contributed by atoms with Gasteiger partial charge in [0.1, 0.15) is 0 Å². The molecule has 1 atom stereocenters. The molecule has 2 N–H and O–H groups in total. The molecule has 0 fully saturated rings. The zero-order valence-electron chi connectivity index (χ0n) is 10.6. The molecule has 0 aliphatic heterocycles. The first-order chi connectivity index (χ1) is 9.60. The smallest absolute Gasteiger partial charge is 0.0949 e. The lowest BCUT2D eigenvalue weighted by molar-refractivity contribution is 0.0831. The van der Waals surface area contributed by atoms with Crippen LogP contribution in [0.4, 0.5) is 0 Å². The van der Waals surface area contributed by atoms with Crippen LogP contribution in [0.1, 0.15) is 0 Å². The van der Waals surface area contributed by atoms with Crippen molar-refractivity contribution in [3.63, 3.8) is 0 Å². The summed E-state index contributed by atoms with van der Waals surface area (Å²) >= 11 is 4.62. The van der Waals surface area contributed by atoms with Gasteiger partial charge in [-0.05, 0) is 81.6 Å². The fraction of sp³-hybridized carbons (Fsp3) is 0.200. The van der Waals surface area contributed by atoms with E-state index < -0.39 is 6.10 Å². The molecule has 0 aliphatic rings. The number of nitrogens with zero attached hydrogens (tertiary/aromatic N) is 1. The third-order valence-electron chi connectivity index (χ3n) is 3.39. The highest BCUT2D eigenvalue weighted by Gasteiger charge is 2.13. The molecule has 104 valence electrons. The van der Waals surface area contributed by atoms with Crippen LogP contribution in [0, 0.1) is 7.14 Å². The Morgan fingerprint density at radius 3 is 1.90 bits per heavy atom. The summed E-state index contributed by atoms with van der Waals surface area (Å²) in [6.45, 7) is 0.174. The molecule has 1 heterocycles. The SMILES string of the molecule is OC[C@@H](O)Cn1c2ccc(I)cc2c2cc(I)ccc21. The van der Waals surface area contributed by atoms with Gasteiger partial charge in [-0.25, -0.2) is 0 Å². The van der Waals surface area contributed by atoms with E-state index >= 15 is 0 Å². The molecule has 0 amide bonds. The van der Waals surface area contributed by atoms with Crippen LogP contribution in [-0.4, -0.2) is 27.5 Å². The van der Waals surface area contributed by atoms with Gasteiger partial charge in [0.25, 0.3) is 0 Å². The molecule has 0 radical (unpaired) electrons. The first-order valence-corrected chi connectivity index (χ1v) is 8.42. The largest absolute Gasteiger partial charge is 0.394 e. The molecule has 5 heteroatoms. The topological polar surface area (TPSA) is 45.4 Å². The minimum atomic E-state index is -0.743. The van der Waals surface area contributed by atoms with Gasteiger partial charge in [0.2, 0.25) is 0 Å². The molecule has 0 saturated carbocycles. The molecule has 0 saturated heterocycles. The molecule has 2 aromatic carbocycles. The Balaban J connectivity index is 2.34. The molecule has 0 bridgehead atoms. The zero-order valence-corrected chi connectivity index (χ0v) is 14.9. The molecule has 0 unspecified atom stereocenters. The van der Waals surface area contributed by atoms with Gasteiger partial charge >= 0.3 is 0 Å². The van der Waals surface area contributed by atoms with E-state index in [1.165, 1.54) is 17.9 Å². The van der Waals surface area contributed by atoms with Gasteiger partial charge in [0.05, 0.1) is 19.3 Å². The van der Waals surface area contributed by atoms with Crippen molar-refractivity contribution in [3.05, 3.63) is 43.5 Å². The monoisotopic (exact) mass is 493 g/mol. The number of fused-ring (bicyclic) bond motifs is 3. The van der Waals surface area contributed by atoms with Crippen LogP contribution in [0.25, 0.3) is 21.8 Å². The molecule has 0 spiro atoms. The second-order valence-corrected chi connectivity index (χ2v) is 7.26. The van der Waals surface area contributed by atoms with Crippen LogP contribution in [0.15, 0.2) is 36.4 Å². The molecular formula is C15H13I2NO2. The zero-order chi connectivity index (χ0) is 14.3. The Bertz CT molecular complexity index is 723. The summed E-state index contributed by atoms with van der Waals surface area (Å²) in [6.07, 6.45) is -0.743. The Labute approximate surface area is 143 Å². The average molecular weight is 493 g/mol. The van der Waals surface area contributed by atoms with E-state index in [1.807, 2.05) is 0 Å². The maximum atomic E-state index is 9.78. The van der Waals surface area contributed by atoms with Crippen LogP contribution in [0.5, 0.6) is 0 Å². The van der Waals surface area contributed by atoms with Crippen LogP contribution in [0.3, 0.4) is 0 Å². The Hall–Kier alpha value is -0.380. The van der Waals surface area contributed by atoms with Crippen molar-refractivity contribution in [3.8, 4) is 0 Å². The summed E-state index contributed by atoms with van der Waals surface area (Å²) in [5.41, 5.74) is 2.19. The van der Waals surface area contributed by atoms with Gasteiger partial charge in [-0.3, -0.25) is 0 Å². The first-order valence-electron chi connectivity index (χ1n) is 6.26. The summed E-state index contributed by atoms with van der Waals surface area (Å²) < 4.78 is 4.46. The molecule has 1 aromatic heterocycles. The average Bonchev–Trinajstić information content (AvgIpc) is 2.72. The van der Waals surface area contributed by atoms with Crippen molar-refractivity contribution in [2.24, 2.45) is 0 Å². The van der Waals surface area contributed by atoms with Crippen molar-refractivity contribution in [1.82, 2.24) is 4.57 Å². The lowest BCUT2D eigenvalue weighted by Gasteiger charge is -2.11. The minimum absolute atomic E-state index is 0.226. The van der Waals surface area contributed by atoms with Crippen molar-refractivity contribution in [2.45, 2.75) is 12.6 Å². The van der Waals surface area contributed by atoms with Gasteiger partial charge in [-0.1, -0.05) is 0 Å². The molecular weight excluding hydrogens is 480 g/mol. The fourth-order valence-electron chi connectivity index (χ4n) is 2.51. The normalized spacial score (nSPS) is 13.2. The van der Waals surface area contributed by atoms with E-state index in [0.29, 0.717) is 6.54 Å². The van der Waals surface area contributed by atoms with Crippen LogP contribution in [-0.2, 0) is 6.54 Å². The van der Waals surface area contributed by atoms with Gasteiger partial charge in [0, 0.05) is 28.9 Å². The standard InChI is InChI=1S/C15H13I2NO2/c16-9-1-3-14-12(5-9)13-6-10(17)2-4-15(13)18(14)7-11(20)8-19/h1-6,11,19-20H,7-8H2/t11-/m0/s1. The van der Waals surface area contributed by atoms with E-state index in [0.717, 1.165) is 11.0 Å². The second-order valence-electron chi connectivity index (χ2n) is 4.77. The predicted octanol–water partition coefficient (Wildman–Crippen LogP) is 3.36. The van der Waals surface area contributed by atoms with Gasteiger partial charge in [0.15, 0.2) is 0 Å². The van der Waals surface area contributed by atoms with Gasteiger partial charge in [-0.15, -0.1) is 0 Å². The van der Waals surface area contributed by atoms with Gasteiger partial charge < -0.3 is 14.8 Å². The van der Waals surface area contributed by atoms with E-state index in [4.69, 9.17) is 5.11 Å². The first kappa shape index (κ1) is 14.6. The lowest BCUT2D eigenvalue weighted by Crippen LogP contribution is -2.19. The number of aliphatic hydroxyl groups is 2. The second kappa shape index (κ2) is 5.78. The molecule has 0 aliphatic carbocycles. The van der Waals surface area contributed by atoms with E-state index in [9.17, 15) is 5.11 Å². The summed E-state index contributed by atoms with van der Waals surface area (Å²) in [5, 5.41) is 21.3. The number of aliphatic hydroxyl groups excluding tert-OH is 2. The molecule has 20 heavy (non-hydrogen) atoms. The molecule has 3 nitrogen and oxygen atoms in total. The number of halogens is 2. The number of aromatic nitrogens is 1. The Kier molecular flexibility index (Phi) is 4.21. The van der Waals surface area contributed by atoms with E-state index in [-0.39, 0.29) is 6.61 Å². The fourth-order valence-corrected chi connectivity index (χ4v) is 3.50. The third-order valence-corrected chi connectivity index (χ3v) is 4.74. The van der Waals surface area contributed by atoms with Crippen LogP contribution in [0.2, 0.25) is 0 Å². The van der Waals surface area contributed by atoms with Crippen LogP contribution >= 0.6 is 45.2 Å². The highest BCUT2D eigenvalue weighted by atomic mass is 127. The molecule has 3 aromatic rings. The predicted molar refractivity (Wildman–Crippen MR) is 98.0 cm³/mol. The highest BCUT2D eigenvalue weighted by molar-refractivity contribution is 14.1. The van der Waals surface area contributed by atoms with Crippen molar-refractivity contribution in [2.75, 3.05) is 6.61 Å². The maximum absolute atomic E-state index is 9.78. The number of hydrogen-bond acceptors (Lipinski definition) is 2. The minimum Gasteiger partial charge on any atom is -0.394 e. The maximum Gasteiger partial charge on any atom is 0.0949 e. The van der Waals surface area contributed by atoms with Crippen LogP contribution < -0.4 is 0 Å². The van der Waals surface area contributed by atoms with Gasteiger partial charge in [-0.2, -0.15) is 0 Å². The third kappa shape index (κ3) is 2.56. The van der Waals surface area contributed by atoms with Crippen molar-refractivity contribution < 1.29 is 10.2 Å². The summed E-state index contributed by atoms with van der Waals surface area (Å²) in [5.74, 6) is 0. The summed E-state index contributed by atoms with van der Waals surface area (Å²) in [4.78, 5) is 0. The highest BCUT2D eigenvalue weighted by Crippen LogP contribution is 2.31. The lowest BCUT2D eigenvalue weighted by atomic mass is 10.2. The summed E-state index contributed by atoms with van der Waals surface area (Å²) in [6, 6.07) is 12.6. The van der Waals surface area contributed by atoms with E-state index in [2.05, 4.69) is 86.1 Å². The molecule has 3 rings (SSSR count). The Morgan fingerprint density at radius 1 is 0.950 bits per heavy atom. The number of hydrogen-bond donors (Lipinski definition) is 2. The quantitative estimate of drug-likeness (QED) is 0.551. The van der Waals surface area contributed by atoms with Crippen molar-refractivity contribution in [1.29, 1.82) is 0 Å². The van der Waals surface area contributed by atoms with Crippen molar-refractivity contribution >= 4 is 67.0 Å². The number of rotatable bonds is 3. The Morgan fingerprint density at radius 2 is 1.45 bits per heavy atom.